The summed E-state index contributed by atoms with van der Waals surface area (Å²) in [5.41, 5.74) is 0. The fourth-order valence-corrected chi connectivity index (χ4v) is 1.26. The minimum Gasteiger partial charge on any atom is -0.353 e. The molecule has 0 saturated carbocycles. The Labute approximate surface area is 89.6 Å². The lowest BCUT2D eigenvalue weighted by molar-refractivity contribution is -0.121. The summed E-state index contributed by atoms with van der Waals surface area (Å²) >= 11 is 3.38. The van der Waals surface area contributed by atoms with Crippen LogP contribution in [0.25, 0.3) is 0 Å². The van der Waals surface area contributed by atoms with Gasteiger partial charge in [0.15, 0.2) is 0 Å². The molecule has 0 aliphatic carbocycles. The summed E-state index contributed by atoms with van der Waals surface area (Å²) in [7, 11) is 0. The van der Waals surface area contributed by atoms with Crippen molar-refractivity contribution in [2.45, 2.75) is 51.4 Å². The predicted molar refractivity (Wildman–Crippen MR) is 60.1 cm³/mol. The third-order valence-electron chi connectivity index (χ3n) is 1.95. The molecule has 0 heterocycles. The number of hydrogen-bond donors (Lipinski definition) is 1. The summed E-state index contributed by atoms with van der Waals surface area (Å²) in [6.07, 6.45) is 2.15. The molecule has 0 radical (unpaired) electrons. The highest BCUT2D eigenvalue weighted by molar-refractivity contribution is 9.10. The number of nitrogens with one attached hydrogen (secondary N) is 1. The predicted octanol–water partition coefficient (Wildman–Crippen LogP) is 2.71. The third kappa shape index (κ3) is 5.29. The molecule has 0 aromatic rings. The fraction of sp³-hybridized carbons (Fsp3) is 0.900. The summed E-state index contributed by atoms with van der Waals surface area (Å²) in [6.45, 7) is 8.23. The highest BCUT2D eigenvalue weighted by atomic mass is 79.9. The number of rotatable bonds is 5. The molecule has 1 amide bonds. The Morgan fingerprint density at radius 2 is 1.92 bits per heavy atom. The van der Waals surface area contributed by atoms with Crippen molar-refractivity contribution in [3.05, 3.63) is 0 Å². The van der Waals surface area contributed by atoms with Gasteiger partial charge in [0.2, 0.25) is 5.91 Å². The quantitative estimate of drug-likeness (QED) is 0.747. The second-order valence-corrected chi connectivity index (χ2v) is 4.83. The van der Waals surface area contributed by atoms with Crippen LogP contribution in [-0.2, 0) is 4.79 Å². The van der Waals surface area contributed by atoms with Gasteiger partial charge in [0.05, 0.1) is 4.83 Å². The van der Waals surface area contributed by atoms with Gasteiger partial charge < -0.3 is 5.32 Å². The first-order valence-electron chi connectivity index (χ1n) is 4.93. The van der Waals surface area contributed by atoms with Crippen LogP contribution in [-0.4, -0.2) is 16.8 Å². The zero-order valence-corrected chi connectivity index (χ0v) is 10.5. The van der Waals surface area contributed by atoms with E-state index in [0.29, 0.717) is 5.92 Å². The zero-order chi connectivity index (χ0) is 10.4. The molecule has 2 atom stereocenters. The highest BCUT2D eigenvalue weighted by Crippen LogP contribution is 2.12. The van der Waals surface area contributed by atoms with Crippen LogP contribution >= 0.6 is 15.9 Å². The van der Waals surface area contributed by atoms with E-state index in [4.69, 9.17) is 0 Å². The third-order valence-corrected chi connectivity index (χ3v) is 3.42. The minimum atomic E-state index is -0.0631. The SMILES string of the molecule is CCCC(C)NC(=O)C(Br)C(C)C. The van der Waals surface area contributed by atoms with Crippen LogP contribution in [0.2, 0.25) is 0 Å². The van der Waals surface area contributed by atoms with Crippen LogP contribution < -0.4 is 5.32 Å². The van der Waals surface area contributed by atoms with Gasteiger partial charge in [0.1, 0.15) is 0 Å². The molecule has 0 aliphatic heterocycles. The Hall–Kier alpha value is -0.0500. The van der Waals surface area contributed by atoms with Crippen molar-refractivity contribution in [3.63, 3.8) is 0 Å². The van der Waals surface area contributed by atoms with Gasteiger partial charge in [-0.1, -0.05) is 43.1 Å². The Bertz CT molecular complexity index is 159. The van der Waals surface area contributed by atoms with Gasteiger partial charge in [-0.2, -0.15) is 0 Å². The van der Waals surface area contributed by atoms with Gasteiger partial charge in [-0.05, 0) is 19.3 Å². The molecule has 0 rings (SSSR count). The van der Waals surface area contributed by atoms with Gasteiger partial charge in [-0.3, -0.25) is 4.79 Å². The van der Waals surface area contributed by atoms with E-state index >= 15 is 0 Å². The second-order valence-electron chi connectivity index (χ2n) is 3.84. The Kier molecular flexibility index (Phi) is 6.39. The van der Waals surface area contributed by atoms with E-state index < -0.39 is 0 Å². The number of amides is 1. The van der Waals surface area contributed by atoms with Gasteiger partial charge in [-0.25, -0.2) is 0 Å². The van der Waals surface area contributed by atoms with E-state index in [2.05, 4.69) is 28.2 Å². The van der Waals surface area contributed by atoms with Gasteiger partial charge in [-0.15, -0.1) is 0 Å². The molecule has 2 unspecified atom stereocenters. The van der Waals surface area contributed by atoms with E-state index in [0.717, 1.165) is 12.8 Å². The van der Waals surface area contributed by atoms with Gasteiger partial charge >= 0.3 is 0 Å². The fourth-order valence-electron chi connectivity index (χ4n) is 1.13. The van der Waals surface area contributed by atoms with Crippen molar-refractivity contribution < 1.29 is 4.79 Å². The highest BCUT2D eigenvalue weighted by Gasteiger charge is 2.19. The molecule has 0 aliphatic rings. The molecule has 0 aromatic carbocycles. The Balaban J connectivity index is 3.85. The van der Waals surface area contributed by atoms with E-state index in [1.165, 1.54) is 0 Å². The average Bonchev–Trinajstić information content (AvgIpc) is 2.03. The summed E-state index contributed by atoms with van der Waals surface area (Å²) < 4.78 is 0. The van der Waals surface area contributed by atoms with Crippen molar-refractivity contribution in [2.75, 3.05) is 0 Å². The topological polar surface area (TPSA) is 29.1 Å². The van der Waals surface area contributed by atoms with Gasteiger partial charge in [0.25, 0.3) is 0 Å². The zero-order valence-electron chi connectivity index (χ0n) is 8.93. The van der Waals surface area contributed by atoms with Crippen molar-refractivity contribution in [2.24, 2.45) is 5.92 Å². The van der Waals surface area contributed by atoms with E-state index in [1.54, 1.807) is 0 Å². The average molecular weight is 250 g/mol. The molecule has 3 heteroatoms. The molecule has 1 N–H and O–H groups in total. The van der Waals surface area contributed by atoms with Crippen molar-refractivity contribution >= 4 is 21.8 Å². The molecular weight excluding hydrogens is 230 g/mol. The summed E-state index contributed by atoms with van der Waals surface area (Å²) in [4.78, 5) is 11.4. The lowest BCUT2D eigenvalue weighted by Gasteiger charge is -2.18. The lowest BCUT2D eigenvalue weighted by Crippen LogP contribution is -2.39. The lowest BCUT2D eigenvalue weighted by atomic mass is 10.1. The summed E-state index contributed by atoms with van der Waals surface area (Å²) in [5.74, 6) is 0.449. The Morgan fingerprint density at radius 1 is 1.38 bits per heavy atom. The summed E-state index contributed by atoms with van der Waals surface area (Å²) in [5, 5.41) is 2.98. The first-order chi connectivity index (χ1) is 5.99. The van der Waals surface area contributed by atoms with Crippen LogP contribution in [0.5, 0.6) is 0 Å². The molecular formula is C10H20BrNO. The molecule has 78 valence electrons. The maximum Gasteiger partial charge on any atom is 0.234 e. The molecule has 0 spiro atoms. The smallest absolute Gasteiger partial charge is 0.234 e. The van der Waals surface area contributed by atoms with Gasteiger partial charge in [0, 0.05) is 6.04 Å². The molecule has 2 nitrogen and oxygen atoms in total. The van der Waals surface area contributed by atoms with Crippen molar-refractivity contribution in [3.8, 4) is 0 Å². The van der Waals surface area contributed by atoms with E-state index in [9.17, 15) is 4.79 Å². The molecule has 13 heavy (non-hydrogen) atoms. The monoisotopic (exact) mass is 249 g/mol. The summed E-state index contributed by atoms with van der Waals surface area (Å²) in [6, 6.07) is 0.288. The van der Waals surface area contributed by atoms with Crippen LogP contribution in [0.1, 0.15) is 40.5 Å². The largest absolute Gasteiger partial charge is 0.353 e. The Morgan fingerprint density at radius 3 is 2.31 bits per heavy atom. The maximum absolute atomic E-state index is 11.5. The minimum absolute atomic E-state index is 0.0631. The number of hydrogen-bond acceptors (Lipinski definition) is 1. The number of carbonyl (C=O) groups is 1. The first kappa shape index (κ1) is 12.9. The van der Waals surface area contributed by atoms with E-state index in [1.807, 2.05) is 20.8 Å². The number of halogens is 1. The molecule has 0 fully saturated rings. The molecule has 0 saturated heterocycles. The van der Waals surface area contributed by atoms with Crippen LogP contribution in [0.4, 0.5) is 0 Å². The first-order valence-corrected chi connectivity index (χ1v) is 5.85. The second kappa shape index (κ2) is 6.41. The molecule has 0 bridgehead atoms. The normalized spacial score (nSPS) is 15.5. The van der Waals surface area contributed by atoms with Crippen molar-refractivity contribution in [1.82, 2.24) is 5.32 Å². The standard InChI is InChI=1S/C10H20BrNO/c1-5-6-8(4)12-10(13)9(11)7(2)3/h7-9H,5-6H2,1-4H3,(H,12,13). The van der Waals surface area contributed by atoms with E-state index in [-0.39, 0.29) is 16.8 Å². The number of carbonyl (C=O) groups excluding carboxylic acids is 1. The number of alkyl halides is 1. The maximum atomic E-state index is 11.5. The van der Waals surface area contributed by atoms with Crippen LogP contribution in [0, 0.1) is 5.92 Å². The van der Waals surface area contributed by atoms with Crippen molar-refractivity contribution in [1.29, 1.82) is 0 Å². The van der Waals surface area contributed by atoms with Crippen LogP contribution in [0.15, 0.2) is 0 Å². The molecule has 0 aromatic heterocycles. The van der Waals surface area contributed by atoms with Crippen LogP contribution in [0.3, 0.4) is 0 Å².